The number of thioether (sulfide) groups is 1. The van der Waals surface area contributed by atoms with Gasteiger partial charge >= 0.3 is 0 Å². The van der Waals surface area contributed by atoms with Crippen LogP contribution in [0.25, 0.3) is 0 Å². The zero-order valence-corrected chi connectivity index (χ0v) is 24.3. The van der Waals surface area contributed by atoms with Gasteiger partial charge in [0.15, 0.2) is 11.4 Å². The van der Waals surface area contributed by atoms with Gasteiger partial charge in [0.25, 0.3) is 0 Å². The molecule has 10 heteroatoms. The lowest BCUT2D eigenvalue weighted by Crippen LogP contribution is -2.38. The summed E-state index contributed by atoms with van der Waals surface area (Å²) in [5.74, 6) is 0.644. The number of aromatic nitrogens is 2. The molecule has 1 fully saturated rings. The number of carbonyl (C=O) groups excluding carboxylic acids is 2. The Balaban J connectivity index is 1.39. The van der Waals surface area contributed by atoms with Gasteiger partial charge in [-0.25, -0.2) is 9.97 Å². The van der Waals surface area contributed by atoms with E-state index >= 15 is 0 Å². The molecule has 218 valence electrons. The molecule has 3 aromatic rings. The molecule has 1 aromatic heterocycles. The van der Waals surface area contributed by atoms with E-state index in [4.69, 9.17) is 9.47 Å². The van der Waals surface area contributed by atoms with Crippen LogP contribution in [-0.2, 0) is 25.7 Å². The summed E-state index contributed by atoms with van der Waals surface area (Å²) in [6, 6.07) is 17.2. The lowest BCUT2D eigenvalue weighted by Gasteiger charge is -2.41. The SMILES string of the molecule is CC(=O)NCCCCCC(=O)Nc1ccc(C2OC(CSc3ncccn3)C(C)C(c3ccc(CO)cc3)O2)cc1. The Morgan fingerprint density at radius 2 is 1.66 bits per heavy atom. The van der Waals surface area contributed by atoms with Crippen LogP contribution < -0.4 is 10.6 Å². The molecule has 4 atom stereocenters. The quantitative estimate of drug-likeness (QED) is 0.144. The Bertz CT molecular complexity index is 1240. The molecule has 0 bridgehead atoms. The summed E-state index contributed by atoms with van der Waals surface area (Å²) in [4.78, 5) is 32.0. The summed E-state index contributed by atoms with van der Waals surface area (Å²) in [7, 11) is 0. The first-order valence-corrected chi connectivity index (χ1v) is 15.0. The smallest absolute Gasteiger partial charge is 0.224 e. The molecule has 1 aliphatic rings. The van der Waals surface area contributed by atoms with Crippen LogP contribution in [-0.4, -0.2) is 45.3 Å². The number of carbonyl (C=O) groups is 2. The number of hydrogen-bond acceptors (Lipinski definition) is 8. The average Bonchev–Trinajstić information content (AvgIpc) is 2.99. The average molecular weight is 579 g/mol. The highest BCUT2D eigenvalue weighted by atomic mass is 32.2. The Morgan fingerprint density at radius 3 is 2.34 bits per heavy atom. The van der Waals surface area contributed by atoms with Crippen molar-refractivity contribution in [2.45, 2.75) is 69.8 Å². The number of anilines is 1. The normalized spacial score (nSPS) is 20.4. The molecule has 2 aromatic carbocycles. The van der Waals surface area contributed by atoms with Gasteiger partial charge in [-0.05, 0) is 42.2 Å². The minimum Gasteiger partial charge on any atom is -0.392 e. The highest BCUT2D eigenvalue weighted by Crippen LogP contribution is 2.42. The molecule has 2 amide bonds. The van der Waals surface area contributed by atoms with Crippen molar-refractivity contribution in [2.24, 2.45) is 5.92 Å². The van der Waals surface area contributed by atoms with Crippen LogP contribution in [0.3, 0.4) is 0 Å². The van der Waals surface area contributed by atoms with Crippen LogP contribution in [0.2, 0.25) is 0 Å². The number of nitrogens with zero attached hydrogens (tertiary/aromatic N) is 2. The highest BCUT2D eigenvalue weighted by Gasteiger charge is 2.38. The molecule has 0 radical (unpaired) electrons. The van der Waals surface area contributed by atoms with Crippen LogP contribution >= 0.6 is 11.8 Å². The van der Waals surface area contributed by atoms with Gasteiger partial charge in [-0.3, -0.25) is 9.59 Å². The van der Waals surface area contributed by atoms with Gasteiger partial charge in [-0.1, -0.05) is 61.5 Å². The number of hydrogen-bond donors (Lipinski definition) is 3. The summed E-state index contributed by atoms with van der Waals surface area (Å²) in [6.07, 6.45) is 5.44. The van der Waals surface area contributed by atoms with Crippen LogP contribution in [0.15, 0.2) is 72.1 Å². The fraction of sp³-hybridized carbons (Fsp3) is 0.419. The van der Waals surface area contributed by atoms with Gasteiger partial charge in [0.05, 0.1) is 18.8 Å². The second-order valence-corrected chi connectivity index (χ2v) is 11.1. The number of ether oxygens (including phenoxy) is 2. The number of aliphatic hydroxyl groups is 1. The fourth-order valence-electron chi connectivity index (χ4n) is 4.63. The van der Waals surface area contributed by atoms with Gasteiger partial charge in [-0.15, -0.1) is 0 Å². The van der Waals surface area contributed by atoms with Crippen molar-refractivity contribution >= 4 is 29.3 Å². The molecule has 1 aliphatic heterocycles. The maximum absolute atomic E-state index is 12.4. The van der Waals surface area contributed by atoms with Crippen molar-refractivity contribution in [2.75, 3.05) is 17.6 Å². The number of benzene rings is 2. The predicted octanol–water partition coefficient (Wildman–Crippen LogP) is 5.19. The molecule has 4 rings (SSSR count). The first kappa shape index (κ1) is 30.6. The number of nitrogens with one attached hydrogen (secondary N) is 2. The summed E-state index contributed by atoms with van der Waals surface area (Å²) < 4.78 is 13.0. The summed E-state index contributed by atoms with van der Waals surface area (Å²) in [5.41, 5.74) is 3.44. The maximum Gasteiger partial charge on any atom is 0.224 e. The molecule has 0 aliphatic carbocycles. The Labute approximate surface area is 245 Å². The molecule has 0 saturated carbocycles. The van der Waals surface area contributed by atoms with E-state index in [1.54, 1.807) is 30.2 Å². The van der Waals surface area contributed by atoms with E-state index < -0.39 is 6.29 Å². The first-order chi connectivity index (χ1) is 19.9. The van der Waals surface area contributed by atoms with E-state index in [-0.39, 0.29) is 36.5 Å². The van der Waals surface area contributed by atoms with E-state index in [2.05, 4.69) is 27.5 Å². The minimum absolute atomic E-state index is 0.00900. The maximum atomic E-state index is 12.4. The molecular weight excluding hydrogens is 540 g/mol. The molecular formula is C31H38N4O5S. The molecule has 9 nitrogen and oxygen atoms in total. The van der Waals surface area contributed by atoms with Gasteiger partial charge in [-0.2, -0.15) is 0 Å². The zero-order chi connectivity index (χ0) is 29.0. The van der Waals surface area contributed by atoms with Gasteiger partial charge in [0, 0.05) is 55.2 Å². The second kappa shape index (κ2) is 15.6. The van der Waals surface area contributed by atoms with Crippen molar-refractivity contribution in [3.05, 3.63) is 83.7 Å². The van der Waals surface area contributed by atoms with Crippen molar-refractivity contribution in [3.63, 3.8) is 0 Å². The van der Waals surface area contributed by atoms with Gasteiger partial charge in [0.1, 0.15) is 0 Å². The number of amides is 2. The van der Waals surface area contributed by atoms with Gasteiger partial charge in [0.2, 0.25) is 11.8 Å². The van der Waals surface area contributed by atoms with Crippen LogP contribution in [0.5, 0.6) is 0 Å². The molecule has 4 unspecified atom stereocenters. The third kappa shape index (κ3) is 9.36. The Hall–Kier alpha value is -3.31. The number of unbranched alkanes of at least 4 members (excludes halogenated alkanes) is 2. The van der Waals surface area contributed by atoms with Crippen LogP contribution in [0, 0.1) is 5.92 Å². The number of aliphatic hydroxyl groups excluding tert-OH is 1. The fourth-order valence-corrected chi connectivity index (χ4v) is 5.59. The zero-order valence-electron chi connectivity index (χ0n) is 23.5. The molecule has 2 heterocycles. The van der Waals surface area contributed by atoms with Gasteiger partial charge < -0.3 is 25.2 Å². The second-order valence-electron chi connectivity index (χ2n) is 10.1. The van der Waals surface area contributed by atoms with Crippen LogP contribution in [0.4, 0.5) is 5.69 Å². The van der Waals surface area contributed by atoms with Crippen molar-refractivity contribution in [3.8, 4) is 0 Å². The third-order valence-corrected chi connectivity index (χ3v) is 7.93. The van der Waals surface area contributed by atoms with Crippen molar-refractivity contribution in [1.29, 1.82) is 0 Å². The first-order valence-electron chi connectivity index (χ1n) is 14.0. The van der Waals surface area contributed by atoms with Crippen molar-refractivity contribution in [1.82, 2.24) is 15.3 Å². The molecule has 0 spiro atoms. The minimum atomic E-state index is -0.593. The van der Waals surface area contributed by atoms with E-state index in [1.807, 2.05) is 48.5 Å². The Kier molecular flexibility index (Phi) is 11.7. The topological polar surface area (TPSA) is 123 Å². The number of rotatable bonds is 13. The highest BCUT2D eigenvalue weighted by molar-refractivity contribution is 7.99. The lowest BCUT2D eigenvalue weighted by atomic mass is 9.91. The van der Waals surface area contributed by atoms with E-state index in [1.165, 1.54) is 6.92 Å². The molecule has 3 N–H and O–H groups in total. The van der Waals surface area contributed by atoms with Crippen LogP contribution in [0.1, 0.15) is 68.6 Å². The van der Waals surface area contributed by atoms with E-state index in [0.29, 0.717) is 29.6 Å². The summed E-state index contributed by atoms with van der Waals surface area (Å²) in [6.45, 7) is 4.25. The summed E-state index contributed by atoms with van der Waals surface area (Å²) >= 11 is 1.55. The largest absolute Gasteiger partial charge is 0.392 e. The third-order valence-electron chi connectivity index (χ3n) is 6.96. The standard InChI is InChI=1S/C31H38N4O5S/c1-21-27(20-41-31-33-17-6-18-34-31)39-30(40-29(21)24-10-8-23(19-36)9-11-24)25-12-14-26(15-13-25)35-28(38)7-4-3-5-16-32-22(2)37/h6,8-15,17-18,21,27,29-30,36H,3-5,7,16,19-20H2,1-2H3,(H,32,37)(H,35,38). The van der Waals surface area contributed by atoms with Crippen molar-refractivity contribution < 1.29 is 24.2 Å². The lowest BCUT2D eigenvalue weighted by molar-refractivity contribution is -0.268. The summed E-state index contributed by atoms with van der Waals surface area (Å²) in [5, 5.41) is 15.9. The molecule has 41 heavy (non-hydrogen) atoms. The predicted molar refractivity (Wildman–Crippen MR) is 158 cm³/mol. The monoisotopic (exact) mass is 578 g/mol. The molecule has 1 saturated heterocycles. The van der Waals surface area contributed by atoms with E-state index in [0.717, 1.165) is 36.0 Å². The Morgan fingerprint density at radius 1 is 0.951 bits per heavy atom. The van der Waals surface area contributed by atoms with E-state index in [9.17, 15) is 14.7 Å².